The Morgan fingerprint density at radius 1 is 1.18 bits per heavy atom. The van der Waals surface area contributed by atoms with Gasteiger partial charge in [-0.3, -0.25) is 0 Å². The molecule has 0 rings (SSSR count). The fourth-order valence-electron chi connectivity index (χ4n) is 1.10. The van der Waals surface area contributed by atoms with Crippen LogP contribution < -0.4 is 0 Å². The molecule has 0 bridgehead atoms. The van der Waals surface area contributed by atoms with Crippen LogP contribution in [0.4, 0.5) is 13.2 Å². The van der Waals surface area contributed by atoms with Crippen molar-refractivity contribution in [2.45, 2.75) is 32.9 Å². The van der Waals surface area contributed by atoms with Crippen LogP contribution in [0.2, 0.25) is 0 Å². The van der Waals surface area contributed by atoms with Crippen molar-refractivity contribution >= 4 is 11.9 Å². The highest BCUT2D eigenvalue weighted by molar-refractivity contribution is 6.29. The van der Waals surface area contributed by atoms with E-state index >= 15 is 0 Å². The fraction of sp³-hybridized carbons (Fsp3) is 0.800. The molecule has 0 amide bonds. The van der Waals surface area contributed by atoms with Crippen molar-refractivity contribution in [3.63, 3.8) is 0 Å². The molecule has 0 aliphatic heterocycles. The zero-order chi connectivity index (χ0) is 13.5. The number of hydrogen-bond acceptors (Lipinski definition) is 4. The standard InChI is InChI=1S/C10H15F3O4/c1-3-16-8(14)9(15)17-5-4-7(2)6-10(11,12)13/h7H,3-6H2,1-2H3. The lowest BCUT2D eigenvalue weighted by molar-refractivity contribution is -0.168. The molecule has 0 saturated carbocycles. The normalized spacial score (nSPS) is 13.0. The van der Waals surface area contributed by atoms with Crippen LogP contribution in [-0.4, -0.2) is 31.3 Å². The molecule has 7 heteroatoms. The molecule has 0 spiro atoms. The van der Waals surface area contributed by atoms with Gasteiger partial charge >= 0.3 is 18.1 Å². The van der Waals surface area contributed by atoms with Crippen LogP contribution in [0.1, 0.15) is 26.7 Å². The van der Waals surface area contributed by atoms with Gasteiger partial charge in [0.25, 0.3) is 0 Å². The molecular weight excluding hydrogens is 241 g/mol. The van der Waals surface area contributed by atoms with Gasteiger partial charge in [0.15, 0.2) is 0 Å². The number of ether oxygens (including phenoxy) is 2. The number of carbonyl (C=O) groups is 2. The topological polar surface area (TPSA) is 52.6 Å². The van der Waals surface area contributed by atoms with Gasteiger partial charge in [-0.1, -0.05) is 6.92 Å². The average Bonchev–Trinajstić information content (AvgIpc) is 2.14. The first-order valence-corrected chi connectivity index (χ1v) is 5.17. The lowest BCUT2D eigenvalue weighted by atomic mass is 10.0. The number of rotatable bonds is 5. The van der Waals surface area contributed by atoms with Crippen molar-refractivity contribution in [1.29, 1.82) is 0 Å². The number of alkyl halides is 3. The molecule has 0 N–H and O–H groups in total. The molecule has 1 atom stereocenters. The van der Waals surface area contributed by atoms with E-state index in [0.29, 0.717) is 0 Å². The van der Waals surface area contributed by atoms with Crippen LogP contribution >= 0.6 is 0 Å². The second-order valence-electron chi connectivity index (χ2n) is 3.57. The Balaban J connectivity index is 3.77. The SMILES string of the molecule is CCOC(=O)C(=O)OCCC(C)CC(F)(F)F. The monoisotopic (exact) mass is 256 g/mol. The number of esters is 2. The van der Waals surface area contributed by atoms with E-state index in [4.69, 9.17) is 0 Å². The van der Waals surface area contributed by atoms with Crippen LogP contribution in [-0.2, 0) is 19.1 Å². The van der Waals surface area contributed by atoms with E-state index in [1.54, 1.807) is 0 Å². The van der Waals surface area contributed by atoms with E-state index < -0.39 is 30.5 Å². The van der Waals surface area contributed by atoms with Gasteiger partial charge < -0.3 is 9.47 Å². The van der Waals surface area contributed by atoms with Gasteiger partial charge in [-0.25, -0.2) is 9.59 Å². The molecule has 0 aliphatic carbocycles. The summed E-state index contributed by atoms with van der Waals surface area (Å²) in [5, 5.41) is 0. The third kappa shape index (κ3) is 8.53. The number of carbonyl (C=O) groups excluding carboxylic acids is 2. The lowest BCUT2D eigenvalue weighted by Crippen LogP contribution is -2.22. The van der Waals surface area contributed by atoms with Gasteiger partial charge in [0, 0.05) is 6.42 Å². The molecule has 0 aromatic heterocycles. The largest absolute Gasteiger partial charge is 0.458 e. The van der Waals surface area contributed by atoms with Gasteiger partial charge in [-0.2, -0.15) is 13.2 Å². The maximum Gasteiger partial charge on any atom is 0.417 e. The van der Waals surface area contributed by atoms with Crippen LogP contribution in [0.5, 0.6) is 0 Å². The first-order chi connectivity index (χ1) is 7.76. The molecule has 1 unspecified atom stereocenters. The van der Waals surface area contributed by atoms with E-state index in [2.05, 4.69) is 9.47 Å². The summed E-state index contributed by atoms with van der Waals surface area (Å²) < 4.78 is 44.6. The summed E-state index contributed by atoms with van der Waals surface area (Å²) in [6, 6.07) is 0. The molecule has 0 fully saturated rings. The van der Waals surface area contributed by atoms with Crippen LogP contribution in [0.15, 0.2) is 0 Å². The first kappa shape index (κ1) is 15.7. The highest BCUT2D eigenvalue weighted by Crippen LogP contribution is 2.26. The molecule has 0 heterocycles. The Kier molecular flexibility index (Phi) is 6.60. The molecule has 100 valence electrons. The average molecular weight is 256 g/mol. The maximum absolute atomic E-state index is 11.9. The van der Waals surface area contributed by atoms with Crippen molar-refractivity contribution in [2.75, 3.05) is 13.2 Å². The molecule has 17 heavy (non-hydrogen) atoms. The van der Waals surface area contributed by atoms with Gasteiger partial charge in [0.1, 0.15) is 0 Å². The highest BCUT2D eigenvalue weighted by Gasteiger charge is 2.29. The van der Waals surface area contributed by atoms with Crippen molar-refractivity contribution in [2.24, 2.45) is 5.92 Å². The highest BCUT2D eigenvalue weighted by atomic mass is 19.4. The van der Waals surface area contributed by atoms with Gasteiger partial charge in [-0.15, -0.1) is 0 Å². The summed E-state index contributed by atoms with van der Waals surface area (Å²) in [6.07, 6.45) is -5.13. The zero-order valence-corrected chi connectivity index (χ0v) is 9.67. The van der Waals surface area contributed by atoms with Crippen molar-refractivity contribution < 1.29 is 32.2 Å². The molecule has 0 aromatic rings. The first-order valence-electron chi connectivity index (χ1n) is 5.17. The quantitative estimate of drug-likeness (QED) is 0.558. The van der Waals surface area contributed by atoms with E-state index in [1.807, 2.05) is 0 Å². The second kappa shape index (κ2) is 7.13. The summed E-state index contributed by atoms with van der Waals surface area (Å²) >= 11 is 0. The van der Waals surface area contributed by atoms with Gasteiger partial charge in [0.05, 0.1) is 13.2 Å². The van der Waals surface area contributed by atoms with Gasteiger partial charge in [0.2, 0.25) is 0 Å². The minimum atomic E-state index is -4.23. The number of hydrogen-bond donors (Lipinski definition) is 0. The summed E-state index contributed by atoms with van der Waals surface area (Å²) in [5.41, 5.74) is 0. The summed E-state index contributed by atoms with van der Waals surface area (Å²) in [7, 11) is 0. The minimum Gasteiger partial charge on any atom is -0.458 e. The van der Waals surface area contributed by atoms with E-state index in [0.717, 1.165) is 0 Å². The molecule has 4 nitrogen and oxygen atoms in total. The summed E-state index contributed by atoms with van der Waals surface area (Å²) in [5.74, 6) is -2.97. The van der Waals surface area contributed by atoms with E-state index in [-0.39, 0.29) is 19.6 Å². The van der Waals surface area contributed by atoms with E-state index in [1.165, 1.54) is 13.8 Å². The molecule has 0 aliphatic rings. The smallest absolute Gasteiger partial charge is 0.417 e. The van der Waals surface area contributed by atoms with Crippen molar-refractivity contribution in [3.8, 4) is 0 Å². The Labute approximate surface area is 97.1 Å². The second-order valence-corrected chi connectivity index (χ2v) is 3.57. The lowest BCUT2D eigenvalue weighted by Gasteiger charge is -2.13. The Morgan fingerprint density at radius 3 is 2.18 bits per heavy atom. The molecule has 0 saturated heterocycles. The van der Waals surface area contributed by atoms with Gasteiger partial charge in [-0.05, 0) is 19.3 Å². The fourth-order valence-corrected chi connectivity index (χ4v) is 1.10. The summed E-state index contributed by atoms with van der Waals surface area (Å²) in [6.45, 7) is 2.73. The Hall–Kier alpha value is -1.27. The van der Waals surface area contributed by atoms with Crippen LogP contribution in [0.25, 0.3) is 0 Å². The van der Waals surface area contributed by atoms with Crippen LogP contribution in [0.3, 0.4) is 0 Å². The Morgan fingerprint density at radius 2 is 1.71 bits per heavy atom. The maximum atomic E-state index is 11.9. The molecule has 0 aromatic carbocycles. The minimum absolute atomic E-state index is 0.0401. The Bertz CT molecular complexity index is 263. The van der Waals surface area contributed by atoms with Crippen LogP contribution in [0, 0.1) is 5.92 Å². The predicted molar refractivity (Wildman–Crippen MR) is 52.0 cm³/mol. The third-order valence-corrected chi connectivity index (χ3v) is 1.87. The predicted octanol–water partition coefficient (Wildman–Crippen LogP) is 2.07. The zero-order valence-electron chi connectivity index (χ0n) is 9.67. The van der Waals surface area contributed by atoms with Crippen molar-refractivity contribution in [1.82, 2.24) is 0 Å². The third-order valence-electron chi connectivity index (χ3n) is 1.87. The number of halogens is 3. The summed E-state index contributed by atoms with van der Waals surface area (Å²) in [4.78, 5) is 21.7. The molecule has 0 radical (unpaired) electrons. The molecular formula is C10H15F3O4. The van der Waals surface area contributed by atoms with Crippen molar-refractivity contribution in [3.05, 3.63) is 0 Å². The van der Waals surface area contributed by atoms with E-state index in [9.17, 15) is 22.8 Å².